The number of carbonyl (C=O) groups is 2. The first kappa shape index (κ1) is 8.90. The first-order chi connectivity index (χ1) is 4.50. The van der Waals surface area contributed by atoms with Crippen LogP contribution in [-0.2, 0) is 14.3 Å². The van der Waals surface area contributed by atoms with Crippen molar-refractivity contribution in [2.75, 3.05) is 6.61 Å². The number of carboxylic acids is 1. The van der Waals surface area contributed by atoms with E-state index < -0.39 is 18.2 Å². The molecule has 5 heteroatoms. The topological polar surface area (TPSA) is 83.8 Å². The molecule has 58 valence electrons. The SMILES string of the molecule is CC(O)(COC=O)C(=O)O. The summed E-state index contributed by atoms with van der Waals surface area (Å²) in [5.41, 5.74) is -1.99. The molecule has 0 fully saturated rings. The third kappa shape index (κ3) is 2.45. The van der Waals surface area contributed by atoms with E-state index in [1.807, 2.05) is 0 Å². The van der Waals surface area contributed by atoms with Gasteiger partial charge in [0.2, 0.25) is 0 Å². The summed E-state index contributed by atoms with van der Waals surface area (Å²) in [4.78, 5) is 19.6. The third-order valence-electron chi connectivity index (χ3n) is 0.893. The van der Waals surface area contributed by atoms with Gasteiger partial charge in [0, 0.05) is 0 Å². The highest BCUT2D eigenvalue weighted by atomic mass is 16.5. The van der Waals surface area contributed by atoms with Crippen LogP contribution in [0, 0.1) is 0 Å². The second-order valence-corrected chi connectivity index (χ2v) is 1.99. The van der Waals surface area contributed by atoms with Gasteiger partial charge in [-0.2, -0.15) is 0 Å². The molecule has 0 saturated heterocycles. The van der Waals surface area contributed by atoms with Gasteiger partial charge in [0.15, 0.2) is 5.60 Å². The molecule has 0 heterocycles. The minimum Gasteiger partial charge on any atom is -0.479 e. The van der Waals surface area contributed by atoms with Crippen LogP contribution in [0.3, 0.4) is 0 Å². The molecule has 0 amide bonds. The Morgan fingerprint density at radius 1 is 1.80 bits per heavy atom. The summed E-state index contributed by atoms with van der Waals surface area (Å²) in [6.07, 6.45) is 0. The van der Waals surface area contributed by atoms with Crippen molar-refractivity contribution >= 4 is 12.4 Å². The molecule has 0 aromatic rings. The van der Waals surface area contributed by atoms with Crippen molar-refractivity contribution in [1.29, 1.82) is 0 Å². The van der Waals surface area contributed by atoms with Crippen LogP contribution < -0.4 is 0 Å². The molecule has 0 radical (unpaired) electrons. The molecule has 0 rings (SSSR count). The molecule has 5 nitrogen and oxygen atoms in total. The van der Waals surface area contributed by atoms with Crippen molar-refractivity contribution in [3.05, 3.63) is 0 Å². The summed E-state index contributed by atoms with van der Waals surface area (Å²) in [5, 5.41) is 17.1. The maximum atomic E-state index is 10.1. The van der Waals surface area contributed by atoms with Crippen LogP contribution in [0.2, 0.25) is 0 Å². The molecule has 1 atom stereocenters. The van der Waals surface area contributed by atoms with E-state index in [2.05, 4.69) is 4.74 Å². The van der Waals surface area contributed by atoms with Crippen LogP contribution in [0.5, 0.6) is 0 Å². The molecule has 0 bridgehead atoms. The van der Waals surface area contributed by atoms with Gasteiger partial charge in [-0.3, -0.25) is 4.79 Å². The lowest BCUT2D eigenvalue weighted by Gasteiger charge is -2.14. The molecule has 0 aliphatic rings. The summed E-state index contributed by atoms with van der Waals surface area (Å²) in [6, 6.07) is 0. The molecule has 0 saturated carbocycles. The van der Waals surface area contributed by atoms with Crippen LogP contribution in [0.15, 0.2) is 0 Å². The average molecular weight is 148 g/mol. The fourth-order valence-electron chi connectivity index (χ4n) is 0.258. The first-order valence-electron chi connectivity index (χ1n) is 2.51. The second-order valence-electron chi connectivity index (χ2n) is 1.99. The maximum absolute atomic E-state index is 10.1. The fourth-order valence-corrected chi connectivity index (χ4v) is 0.258. The molecule has 0 aromatic heterocycles. The number of rotatable bonds is 4. The molecular formula is C5H8O5. The Morgan fingerprint density at radius 2 is 2.30 bits per heavy atom. The van der Waals surface area contributed by atoms with Crippen molar-refractivity contribution in [3.8, 4) is 0 Å². The quantitative estimate of drug-likeness (QED) is 0.499. The van der Waals surface area contributed by atoms with Gasteiger partial charge >= 0.3 is 5.97 Å². The predicted molar refractivity (Wildman–Crippen MR) is 30.3 cm³/mol. The Bertz CT molecular complexity index is 139. The summed E-state index contributed by atoms with van der Waals surface area (Å²) in [6.45, 7) is 0.585. The lowest BCUT2D eigenvalue weighted by atomic mass is 10.1. The smallest absolute Gasteiger partial charge is 0.339 e. The minimum atomic E-state index is -1.99. The van der Waals surface area contributed by atoms with E-state index in [0.29, 0.717) is 0 Å². The molecule has 0 spiro atoms. The highest BCUT2D eigenvalue weighted by Crippen LogP contribution is 2.02. The molecule has 2 N–H and O–H groups in total. The number of ether oxygens (including phenoxy) is 1. The number of aliphatic carboxylic acids is 1. The van der Waals surface area contributed by atoms with E-state index in [1.165, 1.54) is 0 Å². The highest BCUT2D eigenvalue weighted by molar-refractivity contribution is 5.76. The Hall–Kier alpha value is -1.10. The molecule has 0 aliphatic carbocycles. The molecule has 1 unspecified atom stereocenters. The monoisotopic (exact) mass is 148 g/mol. The van der Waals surface area contributed by atoms with Gasteiger partial charge in [0.25, 0.3) is 6.47 Å². The Kier molecular flexibility index (Phi) is 2.82. The Labute approximate surface area is 57.2 Å². The van der Waals surface area contributed by atoms with Crippen molar-refractivity contribution in [2.45, 2.75) is 12.5 Å². The lowest BCUT2D eigenvalue weighted by Crippen LogP contribution is -2.39. The standard InChI is InChI=1S/C5H8O5/c1-5(9,4(7)8)2-10-3-6/h3,9H,2H2,1H3,(H,7,8). The van der Waals surface area contributed by atoms with Crippen LogP contribution in [0.1, 0.15) is 6.92 Å². The number of hydrogen-bond donors (Lipinski definition) is 2. The summed E-state index contributed by atoms with van der Waals surface area (Å²) in [7, 11) is 0. The van der Waals surface area contributed by atoms with Gasteiger partial charge in [0.1, 0.15) is 6.61 Å². The molecule has 0 aromatic carbocycles. The van der Waals surface area contributed by atoms with E-state index in [1.54, 1.807) is 0 Å². The van der Waals surface area contributed by atoms with Crippen molar-refractivity contribution in [1.82, 2.24) is 0 Å². The van der Waals surface area contributed by atoms with E-state index >= 15 is 0 Å². The zero-order valence-corrected chi connectivity index (χ0v) is 5.40. The van der Waals surface area contributed by atoms with Gasteiger partial charge in [-0.1, -0.05) is 0 Å². The normalized spacial score (nSPS) is 15.4. The molecular weight excluding hydrogens is 140 g/mol. The predicted octanol–water partition coefficient (Wildman–Crippen LogP) is -1.00. The van der Waals surface area contributed by atoms with Crippen molar-refractivity contribution in [2.24, 2.45) is 0 Å². The minimum absolute atomic E-state index is 0.0808. The molecule has 10 heavy (non-hydrogen) atoms. The highest BCUT2D eigenvalue weighted by Gasteiger charge is 2.30. The lowest BCUT2D eigenvalue weighted by molar-refractivity contribution is -0.163. The van der Waals surface area contributed by atoms with Gasteiger partial charge < -0.3 is 14.9 Å². The molecule has 0 aliphatic heterocycles. The van der Waals surface area contributed by atoms with Gasteiger partial charge in [-0.25, -0.2) is 4.79 Å². The zero-order chi connectivity index (χ0) is 8.20. The van der Waals surface area contributed by atoms with Crippen LogP contribution in [0.4, 0.5) is 0 Å². The van der Waals surface area contributed by atoms with Gasteiger partial charge in [-0.05, 0) is 6.92 Å². The third-order valence-corrected chi connectivity index (χ3v) is 0.893. The van der Waals surface area contributed by atoms with E-state index in [9.17, 15) is 9.59 Å². The van der Waals surface area contributed by atoms with Gasteiger partial charge in [0.05, 0.1) is 0 Å². The Balaban J connectivity index is 3.86. The second kappa shape index (κ2) is 3.17. The van der Waals surface area contributed by atoms with Crippen LogP contribution >= 0.6 is 0 Å². The summed E-state index contributed by atoms with van der Waals surface area (Å²) < 4.78 is 4.05. The van der Waals surface area contributed by atoms with Gasteiger partial charge in [-0.15, -0.1) is 0 Å². The van der Waals surface area contributed by atoms with Crippen LogP contribution in [0.25, 0.3) is 0 Å². The van der Waals surface area contributed by atoms with E-state index in [-0.39, 0.29) is 6.47 Å². The maximum Gasteiger partial charge on any atom is 0.339 e. The number of carboxylic acid groups (broad SMARTS) is 1. The van der Waals surface area contributed by atoms with E-state index in [0.717, 1.165) is 6.92 Å². The van der Waals surface area contributed by atoms with Crippen LogP contribution in [-0.4, -0.2) is 34.9 Å². The number of carbonyl (C=O) groups excluding carboxylic acids is 1. The van der Waals surface area contributed by atoms with Crippen molar-refractivity contribution < 1.29 is 24.5 Å². The summed E-state index contributed by atoms with van der Waals surface area (Å²) in [5.74, 6) is -1.42. The van der Waals surface area contributed by atoms with Crippen molar-refractivity contribution in [3.63, 3.8) is 0 Å². The van der Waals surface area contributed by atoms with E-state index in [4.69, 9.17) is 10.2 Å². The largest absolute Gasteiger partial charge is 0.479 e. The average Bonchev–Trinajstić information content (AvgIpc) is 1.84. The number of hydrogen-bond acceptors (Lipinski definition) is 4. The number of aliphatic hydroxyl groups is 1. The Morgan fingerprint density at radius 3 is 2.60 bits per heavy atom. The summed E-state index contributed by atoms with van der Waals surface area (Å²) >= 11 is 0. The first-order valence-corrected chi connectivity index (χ1v) is 2.51. The zero-order valence-electron chi connectivity index (χ0n) is 5.40. The fraction of sp³-hybridized carbons (Fsp3) is 0.600.